The molecule has 0 saturated carbocycles. The maximum atomic E-state index is 11.1. The Morgan fingerprint density at radius 2 is 2.17 bits per heavy atom. The molecule has 0 aliphatic carbocycles. The fraction of sp³-hybridized carbons (Fsp3) is 0.750. The smallest absolute Gasteiger partial charge is 0.237 e. The molecule has 1 aliphatic rings. The molecule has 1 fully saturated rings. The van der Waals surface area contributed by atoms with Gasteiger partial charge in [0, 0.05) is 13.5 Å². The molecule has 0 aromatic heterocycles. The Hall–Kier alpha value is -0.900. The molecule has 1 amide bonds. The zero-order valence-corrected chi connectivity index (χ0v) is 7.70. The van der Waals surface area contributed by atoms with Crippen molar-refractivity contribution in [2.75, 3.05) is 20.6 Å². The molecule has 1 saturated heterocycles. The first-order valence-corrected chi connectivity index (χ1v) is 3.97. The van der Waals surface area contributed by atoms with E-state index in [1.165, 1.54) is 0 Å². The minimum Gasteiger partial charge on any atom is -0.328 e. The fourth-order valence-corrected chi connectivity index (χ4v) is 1.44. The van der Waals surface area contributed by atoms with Crippen molar-refractivity contribution in [3.05, 3.63) is 0 Å². The van der Waals surface area contributed by atoms with Gasteiger partial charge in [-0.2, -0.15) is 0 Å². The molecule has 0 aromatic rings. The van der Waals surface area contributed by atoms with Crippen molar-refractivity contribution < 1.29 is 9.59 Å². The van der Waals surface area contributed by atoms with Gasteiger partial charge in [0.25, 0.3) is 0 Å². The molecule has 0 aromatic carbocycles. The van der Waals surface area contributed by atoms with Gasteiger partial charge < -0.3 is 4.90 Å². The lowest BCUT2D eigenvalue weighted by Crippen LogP contribution is -2.36. The van der Waals surface area contributed by atoms with Gasteiger partial charge in [-0.15, -0.1) is 0 Å². The van der Waals surface area contributed by atoms with Crippen LogP contribution in [0.4, 0.5) is 0 Å². The van der Waals surface area contributed by atoms with Crippen LogP contribution in [0.2, 0.25) is 0 Å². The first-order valence-electron chi connectivity index (χ1n) is 3.97. The van der Waals surface area contributed by atoms with Gasteiger partial charge in [0.05, 0.1) is 12.7 Å². The van der Waals surface area contributed by atoms with Crippen LogP contribution in [0.15, 0.2) is 0 Å². The van der Waals surface area contributed by atoms with Crippen LogP contribution in [0.25, 0.3) is 0 Å². The molecule has 4 nitrogen and oxygen atoms in total. The van der Waals surface area contributed by atoms with E-state index in [0.29, 0.717) is 13.0 Å². The predicted molar refractivity (Wildman–Crippen MR) is 44.5 cm³/mol. The molecule has 0 N–H and O–H groups in total. The molecule has 4 heteroatoms. The van der Waals surface area contributed by atoms with Crippen LogP contribution in [0.5, 0.6) is 0 Å². The summed E-state index contributed by atoms with van der Waals surface area (Å²) >= 11 is 0. The van der Waals surface area contributed by atoms with Gasteiger partial charge in [-0.05, 0) is 14.0 Å². The zero-order chi connectivity index (χ0) is 9.30. The van der Waals surface area contributed by atoms with Gasteiger partial charge >= 0.3 is 0 Å². The number of likely N-dealkylation sites (N-methyl/N-ethyl adjacent to an activating group) is 2. The number of nitrogens with zero attached hydrogens (tertiary/aromatic N) is 2. The first-order chi connectivity index (χ1) is 5.52. The molecule has 1 atom stereocenters. The Labute approximate surface area is 72.1 Å². The summed E-state index contributed by atoms with van der Waals surface area (Å²) < 4.78 is 0. The van der Waals surface area contributed by atoms with Crippen LogP contribution in [-0.2, 0) is 9.59 Å². The molecule has 1 aliphatic heterocycles. The van der Waals surface area contributed by atoms with E-state index < -0.39 is 0 Å². The van der Waals surface area contributed by atoms with E-state index in [4.69, 9.17) is 0 Å². The largest absolute Gasteiger partial charge is 0.328 e. The summed E-state index contributed by atoms with van der Waals surface area (Å²) in [7, 11) is 3.59. The van der Waals surface area contributed by atoms with E-state index in [1.807, 2.05) is 11.9 Å². The Kier molecular flexibility index (Phi) is 2.47. The number of ketones is 1. The molecular weight excluding hydrogens is 156 g/mol. The molecule has 1 rings (SSSR count). The average molecular weight is 170 g/mol. The Morgan fingerprint density at radius 1 is 1.58 bits per heavy atom. The number of rotatable bonds is 2. The second-order valence-corrected chi connectivity index (χ2v) is 3.31. The number of hydrogen-bond donors (Lipinski definition) is 0. The SMILES string of the molecule is CC(=O)CC1N(C)CC(=O)N1C. The number of carbonyl (C=O) groups is 2. The lowest BCUT2D eigenvalue weighted by atomic mass is 10.2. The predicted octanol–water partition coefficient (Wildman–Crippen LogP) is -0.305. The van der Waals surface area contributed by atoms with E-state index in [-0.39, 0.29) is 17.9 Å². The van der Waals surface area contributed by atoms with Gasteiger partial charge in [0.1, 0.15) is 5.78 Å². The third-order valence-electron chi connectivity index (χ3n) is 2.20. The van der Waals surface area contributed by atoms with Gasteiger partial charge in [-0.3, -0.25) is 14.5 Å². The molecule has 0 spiro atoms. The van der Waals surface area contributed by atoms with Gasteiger partial charge in [0.15, 0.2) is 0 Å². The minimum atomic E-state index is -0.0324. The monoisotopic (exact) mass is 170 g/mol. The summed E-state index contributed by atoms with van der Waals surface area (Å²) in [6.45, 7) is 1.97. The van der Waals surface area contributed by atoms with E-state index >= 15 is 0 Å². The fourth-order valence-electron chi connectivity index (χ4n) is 1.44. The van der Waals surface area contributed by atoms with Crippen LogP contribution < -0.4 is 0 Å². The topological polar surface area (TPSA) is 40.6 Å². The highest BCUT2D eigenvalue weighted by atomic mass is 16.2. The van der Waals surface area contributed by atoms with Crippen LogP contribution in [0.1, 0.15) is 13.3 Å². The Morgan fingerprint density at radius 3 is 2.50 bits per heavy atom. The van der Waals surface area contributed by atoms with E-state index in [9.17, 15) is 9.59 Å². The third kappa shape index (κ3) is 1.64. The van der Waals surface area contributed by atoms with E-state index in [0.717, 1.165) is 0 Å². The number of carbonyl (C=O) groups excluding carboxylic acids is 2. The van der Waals surface area contributed by atoms with E-state index in [1.54, 1.807) is 18.9 Å². The maximum Gasteiger partial charge on any atom is 0.237 e. The second-order valence-electron chi connectivity index (χ2n) is 3.31. The summed E-state index contributed by atoms with van der Waals surface area (Å²) in [5.41, 5.74) is 0. The molecule has 0 radical (unpaired) electrons. The quantitative estimate of drug-likeness (QED) is 0.571. The summed E-state index contributed by atoms with van der Waals surface area (Å²) in [6, 6.07) is 0. The summed E-state index contributed by atoms with van der Waals surface area (Å²) in [5.74, 6) is 0.206. The van der Waals surface area contributed by atoms with Crippen LogP contribution >= 0.6 is 0 Å². The maximum absolute atomic E-state index is 11.1. The normalized spacial score (nSPS) is 25.1. The highest BCUT2D eigenvalue weighted by Crippen LogP contribution is 2.14. The van der Waals surface area contributed by atoms with Crippen molar-refractivity contribution in [3.63, 3.8) is 0 Å². The van der Waals surface area contributed by atoms with Gasteiger partial charge in [0.2, 0.25) is 5.91 Å². The highest BCUT2D eigenvalue weighted by molar-refractivity contribution is 5.82. The van der Waals surface area contributed by atoms with Gasteiger partial charge in [-0.1, -0.05) is 0 Å². The van der Waals surface area contributed by atoms with E-state index in [2.05, 4.69) is 0 Å². The average Bonchev–Trinajstić information content (AvgIpc) is 2.16. The molecule has 1 unspecified atom stereocenters. The van der Waals surface area contributed by atoms with Crippen molar-refractivity contribution in [1.29, 1.82) is 0 Å². The first kappa shape index (κ1) is 9.19. The van der Waals surface area contributed by atoms with Crippen LogP contribution in [-0.4, -0.2) is 48.3 Å². The van der Waals surface area contributed by atoms with Crippen molar-refractivity contribution in [2.24, 2.45) is 0 Å². The zero-order valence-electron chi connectivity index (χ0n) is 7.70. The molecule has 0 bridgehead atoms. The summed E-state index contributed by atoms with van der Waals surface area (Å²) in [6.07, 6.45) is 0.397. The lowest BCUT2D eigenvalue weighted by Gasteiger charge is -2.23. The minimum absolute atomic E-state index is 0.0324. The second kappa shape index (κ2) is 3.23. The molecule has 12 heavy (non-hydrogen) atoms. The molecular formula is C8H14N2O2. The number of amides is 1. The summed E-state index contributed by atoms with van der Waals surface area (Å²) in [5, 5.41) is 0. The standard InChI is InChI=1S/C8H14N2O2/c1-6(11)4-7-9(2)5-8(12)10(7)3/h7H,4-5H2,1-3H3. The van der Waals surface area contributed by atoms with Gasteiger partial charge in [-0.25, -0.2) is 0 Å². The number of Topliss-reactive ketones (excluding diaryl/α,β-unsaturated/α-hetero) is 1. The third-order valence-corrected chi connectivity index (χ3v) is 2.20. The highest BCUT2D eigenvalue weighted by Gasteiger charge is 2.32. The van der Waals surface area contributed by atoms with Crippen molar-refractivity contribution in [2.45, 2.75) is 19.5 Å². The van der Waals surface area contributed by atoms with Crippen molar-refractivity contribution >= 4 is 11.7 Å². The Balaban J connectivity index is 2.63. The van der Waals surface area contributed by atoms with Crippen molar-refractivity contribution in [3.8, 4) is 0 Å². The van der Waals surface area contributed by atoms with Crippen LogP contribution in [0, 0.1) is 0 Å². The van der Waals surface area contributed by atoms with Crippen LogP contribution in [0.3, 0.4) is 0 Å². The molecule has 1 heterocycles. The Bertz CT molecular complexity index is 215. The van der Waals surface area contributed by atoms with Crippen molar-refractivity contribution in [1.82, 2.24) is 9.80 Å². The molecule has 68 valence electrons. The summed E-state index contributed by atoms with van der Waals surface area (Å²) in [4.78, 5) is 25.5. The number of hydrogen-bond acceptors (Lipinski definition) is 3. The lowest BCUT2D eigenvalue weighted by molar-refractivity contribution is -0.127.